The first-order valence-electron chi connectivity index (χ1n) is 7.45. The molecular formula is C15H18N4O4S. The van der Waals surface area contributed by atoms with E-state index in [-0.39, 0.29) is 11.6 Å². The molecule has 1 N–H and O–H groups in total. The largest absolute Gasteiger partial charge is 0.440 e. The lowest BCUT2D eigenvalue weighted by molar-refractivity contribution is 0.397. The third kappa shape index (κ3) is 3.13. The average Bonchev–Trinajstić information content (AvgIpc) is 3.27. The van der Waals surface area contributed by atoms with Gasteiger partial charge >= 0.3 is 0 Å². The third-order valence-electron chi connectivity index (χ3n) is 3.70. The van der Waals surface area contributed by atoms with Gasteiger partial charge in [0.05, 0.1) is 11.9 Å². The van der Waals surface area contributed by atoms with E-state index < -0.39 is 10.0 Å². The van der Waals surface area contributed by atoms with Crippen LogP contribution in [0.15, 0.2) is 38.6 Å². The van der Waals surface area contributed by atoms with Gasteiger partial charge < -0.3 is 8.94 Å². The minimum absolute atomic E-state index is 0.138. The van der Waals surface area contributed by atoms with Gasteiger partial charge in [0.1, 0.15) is 0 Å². The number of hydrogen-bond acceptors (Lipinski definition) is 6. The minimum Gasteiger partial charge on any atom is -0.440 e. The van der Waals surface area contributed by atoms with Crippen molar-refractivity contribution in [1.82, 2.24) is 19.7 Å². The highest BCUT2D eigenvalue weighted by atomic mass is 32.2. The maximum absolute atomic E-state index is 12.3. The highest BCUT2D eigenvalue weighted by Gasteiger charge is 2.22. The van der Waals surface area contributed by atoms with Gasteiger partial charge in [-0.3, -0.25) is 4.68 Å². The number of sulfonamides is 1. The van der Waals surface area contributed by atoms with Crippen molar-refractivity contribution >= 4 is 10.0 Å². The molecule has 0 unspecified atom stereocenters. The molecule has 0 amide bonds. The maximum Gasteiger partial charge on any atom is 0.274 e. The molecule has 0 aliphatic carbocycles. The summed E-state index contributed by atoms with van der Waals surface area (Å²) in [7, 11) is -3.76. The Morgan fingerprint density at radius 1 is 1.29 bits per heavy atom. The molecule has 24 heavy (non-hydrogen) atoms. The van der Waals surface area contributed by atoms with E-state index in [1.807, 2.05) is 13.8 Å². The summed E-state index contributed by atoms with van der Waals surface area (Å²) in [5, 5.41) is 7.77. The predicted molar refractivity (Wildman–Crippen MR) is 85.6 cm³/mol. The summed E-state index contributed by atoms with van der Waals surface area (Å²) in [5.74, 6) is 0.755. The molecule has 9 heteroatoms. The number of nitrogens with one attached hydrogen (secondary N) is 1. The molecule has 3 aromatic rings. The molecule has 128 valence electrons. The monoisotopic (exact) mass is 350 g/mol. The van der Waals surface area contributed by atoms with Gasteiger partial charge in [-0.05, 0) is 32.9 Å². The van der Waals surface area contributed by atoms with Crippen molar-refractivity contribution in [2.45, 2.75) is 39.0 Å². The molecule has 8 nitrogen and oxygen atoms in total. The van der Waals surface area contributed by atoms with Crippen LogP contribution in [0.2, 0.25) is 0 Å². The summed E-state index contributed by atoms with van der Waals surface area (Å²) >= 11 is 0. The van der Waals surface area contributed by atoms with E-state index >= 15 is 0 Å². The van der Waals surface area contributed by atoms with Gasteiger partial charge in [-0.15, -0.1) is 0 Å². The molecular weight excluding hydrogens is 332 g/mol. The molecule has 0 radical (unpaired) electrons. The summed E-state index contributed by atoms with van der Waals surface area (Å²) < 4.78 is 39.5. The van der Waals surface area contributed by atoms with Crippen LogP contribution in [-0.4, -0.2) is 23.4 Å². The Balaban J connectivity index is 1.76. The number of aryl methyl sites for hydroxylation is 2. The molecule has 0 saturated heterocycles. The van der Waals surface area contributed by atoms with Gasteiger partial charge in [0.15, 0.2) is 5.76 Å². The van der Waals surface area contributed by atoms with Crippen LogP contribution in [-0.2, 0) is 23.1 Å². The minimum atomic E-state index is -3.76. The normalized spacial score (nSPS) is 12.0. The fourth-order valence-corrected chi connectivity index (χ4v) is 3.10. The topological polar surface area (TPSA) is 103 Å². The van der Waals surface area contributed by atoms with E-state index in [2.05, 4.69) is 15.0 Å². The van der Waals surface area contributed by atoms with E-state index in [9.17, 15) is 8.42 Å². The average molecular weight is 350 g/mol. The number of aromatic nitrogens is 3. The lowest BCUT2D eigenvalue weighted by atomic mass is 10.2. The smallest absolute Gasteiger partial charge is 0.274 e. The van der Waals surface area contributed by atoms with Crippen molar-refractivity contribution in [1.29, 1.82) is 0 Å². The Morgan fingerprint density at radius 2 is 2.08 bits per heavy atom. The fourth-order valence-electron chi connectivity index (χ4n) is 2.15. The molecule has 0 saturated carbocycles. The first-order chi connectivity index (χ1) is 11.4. The number of rotatable bonds is 6. The van der Waals surface area contributed by atoms with Crippen LogP contribution in [0.25, 0.3) is 11.5 Å². The SMILES string of the molecule is CCn1cc(CNS(=O)(=O)c2ccc(-c3onc(C)c3C)o2)cn1. The van der Waals surface area contributed by atoms with E-state index in [0.29, 0.717) is 11.5 Å². The van der Waals surface area contributed by atoms with E-state index in [1.54, 1.807) is 30.1 Å². The summed E-state index contributed by atoms with van der Waals surface area (Å²) in [6.45, 7) is 6.46. The van der Waals surface area contributed by atoms with Gasteiger partial charge in [-0.2, -0.15) is 5.10 Å². The molecule has 0 aliphatic rings. The summed E-state index contributed by atoms with van der Waals surface area (Å²) in [4.78, 5) is 0. The third-order valence-corrected chi connectivity index (χ3v) is 4.98. The van der Waals surface area contributed by atoms with Crippen LogP contribution in [0.1, 0.15) is 23.7 Å². The van der Waals surface area contributed by atoms with Gasteiger partial charge in [0, 0.05) is 30.4 Å². The standard InChI is InChI=1S/C15H18N4O4S/c1-4-19-9-12(7-16-19)8-17-24(20,21)14-6-5-13(22-14)15-10(2)11(3)18-23-15/h5-7,9,17H,4,8H2,1-3H3. The highest BCUT2D eigenvalue weighted by Crippen LogP contribution is 2.28. The van der Waals surface area contributed by atoms with Gasteiger partial charge in [-0.1, -0.05) is 5.16 Å². The molecule has 0 aromatic carbocycles. The predicted octanol–water partition coefficient (Wildman–Crippen LogP) is 2.25. The van der Waals surface area contributed by atoms with E-state index in [0.717, 1.165) is 23.4 Å². The van der Waals surface area contributed by atoms with Crippen molar-refractivity contribution in [3.8, 4) is 11.5 Å². The second-order valence-electron chi connectivity index (χ2n) is 5.37. The number of nitrogens with zero attached hydrogens (tertiary/aromatic N) is 3. The fraction of sp³-hybridized carbons (Fsp3) is 0.333. The highest BCUT2D eigenvalue weighted by molar-refractivity contribution is 7.89. The maximum atomic E-state index is 12.3. The zero-order valence-corrected chi connectivity index (χ0v) is 14.4. The van der Waals surface area contributed by atoms with Crippen molar-refractivity contribution in [2.75, 3.05) is 0 Å². The summed E-state index contributed by atoms with van der Waals surface area (Å²) in [5.41, 5.74) is 2.32. The summed E-state index contributed by atoms with van der Waals surface area (Å²) in [6.07, 6.45) is 3.41. The van der Waals surface area contributed by atoms with E-state index in [4.69, 9.17) is 8.94 Å². The Hall–Kier alpha value is -2.39. The van der Waals surface area contributed by atoms with Crippen LogP contribution < -0.4 is 4.72 Å². The van der Waals surface area contributed by atoms with Gasteiger partial charge in [0.25, 0.3) is 10.0 Å². The quantitative estimate of drug-likeness (QED) is 0.731. The Bertz CT molecular complexity index is 952. The van der Waals surface area contributed by atoms with Gasteiger partial charge in [-0.25, -0.2) is 13.1 Å². The van der Waals surface area contributed by atoms with Crippen LogP contribution >= 0.6 is 0 Å². The van der Waals surface area contributed by atoms with Crippen molar-refractivity contribution in [3.05, 3.63) is 41.3 Å². The molecule has 0 fully saturated rings. The Kier molecular flexibility index (Phi) is 4.29. The first kappa shape index (κ1) is 16.5. The number of hydrogen-bond donors (Lipinski definition) is 1. The van der Waals surface area contributed by atoms with Crippen molar-refractivity contribution in [2.24, 2.45) is 0 Å². The van der Waals surface area contributed by atoms with Crippen LogP contribution in [0.3, 0.4) is 0 Å². The molecule has 0 spiro atoms. The molecule has 3 heterocycles. The molecule has 3 rings (SSSR count). The second-order valence-corrected chi connectivity index (χ2v) is 7.07. The molecule has 0 bridgehead atoms. The van der Waals surface area contributed by atoms with Crippen LogP contribution in [0.4, 0.5) is 0 Å². The lowest BCUT2D eigenvalue weighted by Gasteiger charge is -2.02. The Morgan fingerprint density at radius 3 is 2.71 bits per heavy atom. The molecule has 0 aliphatic heterocycles. The molecule has 0 atom stereocenters. The van der Waals surface area contributed by atoms with Crippen molar-refractivity contribution in [3.63, 3.8) is 0 Å². The number of furan rings is 1. The van der Waals surface area contributed by atoms with Crippen LogP contribution in [0, 0.1) is 13.8 Å². The van der Waals surface area contributed by atoms with Crippen molar-refractivity contribution < 1.29 is 17.4 Å². The van der Waals surface area contributed by atoms with Crippen LogP contribution in [0.5, 0.6) is 0 Å². The van der Waals surface area contributed by atoms with Gasteiger partial charge in [0.2, 0.25) is 10.9 Å². The Labute approximate surface area is 139 Å². The molecule has 3 aromatic heterocycles. The summed E-state index contributed by atoms with van der Waals surface area (Å²) in [6, 6.07) is 2.95. The lowest BCUT2D eigenvalue weighted by Crippen LogP contribution is -2.22. The zero-order chi connectivity index (χ0) is 17.3. The first-order valence-corrected chi connectivity index (χ1v) is 8.93. The second kappa shape index (κ2) is 6.25. The zero-order valence-electron chi connectivity index (χ0n) is 13.6. The van der Waals surface area contributed by atoms with E-state index in [1.165, 1.54) is 6.07 Å².